The quantitative estimate of drug-likeness (QED) is 0.349. The summed E-state index contributed by atoms with van der Waals surface area (Å²) in [5, 5.41) is 0. The molecule has 0 radical (unpaired) electrons. The minimum Gasteiger partial charge on any atom is -0.302 e. The number of hydrogen-bond donors (Lipinski definition) is 0. The molecule has 0 saturated carbocycles. The van der Waals surface area contributed by atoms with Crippen LogP contribution in [0.1, 0.15) is 13.8 Å². The first kappa shape index (κ1) is 6.23. The van der Waals surface area contributed by atoms with Gasteiger partial charge in [0.25, 0.3) is 0 Å². The van der Waals surface area contributed by atoms with E-state index in [1.165, 1.54) is 0 Å². The molecule has 0 bridgehead atoms. The topological polar surface area (TPSA) is 17.1 Å². The van der Waals surface area contributed by atoms with Crippen LogP contribution in [0.4, 0.5) is 0 Å². The van der Waals surface area contributed by atoms with Crippen LogP contribution < -0.4 is 0 Å². The summed E-state index contributed by atoms with van der Waals surface area (Å²) in [5.74, 6) is 5.22. The second-order valence-corrected chi connectivity index (χ2v) is 1.32. The Labute approximate surface area is 43.7 Å². The molecule has 1 heteroatoms. The Kier molecular flexibility index (Phi) is 3.04. The van der Waals surface area contributed by atoms with Crippen molar-refractivity contribution in [1.29, 1.82) is 0 Å². The molecule has 0 aliphatic rings. The van der Waals surface area contributed by atoms with Crippen LogP contribution >= 0.6 is 0 Å². The van der Waals surface area contributed by atoms with Crippen LogP contribution in [-0.4, -0.2) is 6.29 Å². The Morgan fingerprint density at radius 1 is 1.71 bits per heavy atom. The predicted octanol–water partition coefficient (Wildman–Crippen LogP) is 0.845. The molecule has 0 spiro atoms. The van der Waals surface area contributed by atoms with E-state index in [4.69, 9.17) is 0 Å². The van der Waals surface area contributed by atoms with Crippen LogP contribution in [0.2, 0.25) is 0 Å². The molecule has 1 nitrogen and oxygen atoms in total. The third kappa shape index (κ3) is 3.05. The zero-order chi connectivity index (χ0) is 5.70. The SMILES string of the molecule is CC#CC(C)C=O. The van der Waals surface area contributed by atoms with Crippen molar-refractivity contribution >= 4 is 6.29 Å². The van der Waals surface area contributed by atoms with Gasteiger partial charge < -0.3 is 4.79 Å². The Bertz CT molecular complexity index is 105. The van der Waals surface area contributed by atoms with E-state index < -0.39 is 0 Å². The fraction of sp³-hybridized carbons (Fsp3) is 0.500. The second kappa shape index (κ2) is 3.42. The molecule has 0 aromatic heterocycles. The molecule has 0 aromatic rings. The molecule has 38 valence electrons. The van der Waals surface area contributed by atoms with Gasteiger partial charge in [-0.1, -0.05) is 5.92 Å². The Morgan fingerprint density at radius 3 is 2.43 bits per heavy atom. The van der Waals surface area contributed by atoms with Gasteiger partial charge in [0.05, 0.1) is 5.92 Å². The molecule has 0 saturated heterocycles. The van der Waals surface area contributed by atoms with E-state index in [9.17, 15) is 4.79 Å². The fourth-order valence-corrected chi connectivity index (χ4v) is 0.262. The van der Waals surface area contributed by atoms with Gasteiger partial charge in [0.15, 0.2) is 0 Å². The second-order valence-electron chi connectivity index (χ2n) is 1.32. The summed E-state index contributed by atoms with van der Waals surface area (Å²) in [4.78, 5) is 9.79. The Hall–Kier alpha value is -0.770. The number of hydrogen-bond acceptors (Lipinski definition) is 1. The van der Waals surface area contributed by atoms with Gasteiger partial charge in [0, 0.05) is 0 Å². The molecule has 0 aromatic carbocycles. The molecule has 0 fully saturated rings. The van der Waals surface area contributed by atoms with E-state index in [1.54, 1.807) is 13.8 Å². The number of carbonyl (C=O) groups is 1. The molecule has 0 rings (SSSR count). The molecular formula is C6H8O. The highest BCUT2D eigenvalue weighted by Gasteiger charge is 1.86. The van der Waals surface area contributed by atoms with Gasteiger partial charge >= 0.3 is 0 Å². The molecule has 0 aliphatic carbocycles. The van der Waals surface area contributed by atoms with Crippen LogP contribution in [-0.2, 0) is 4.79 Å². The Balaban J connectivity index is 3.49. The van der Waals surface area contributed by atoms with Gasteiger partial charge in [-0.15, -0.1) is 5.92 Å². The van der Waals surface area contributed by atoms with E-state index in [-0.39, 0.29) is 5.92 Å². The monoisotopic (exact) mass is 96.1 g/mol. The first-order chi connectivity index (χ1) is 3.31. The standard InChI is InChI=1S/C6H8O/c1-3-4-6(2)5-7/h5-6H,1-2H3. The lowest BCUT2D eigenvalue weighted by Crippen LogP contribution is -1.87. The Morgan fingerprint density at radius 2 is 2.29 bits per heavy atom. The summed E-state index contributed by atoms with van der Waals surface area (Å²) in [6.45, 7) is 3.49. The summed E-state index contributed by atoms with van der Waals surface area (Å²) in [6, 6.07) is 0. The van der Waals surface area contributed by atoms with Crippen LogP contribution in [0.25, 0.3) is 0 Å². The third-order valence-electron chi connectivity index (χ3n) is 0.576. The van der Waals surface area contributed by atoms with Crippen molar-refractivity contribution in [3.63, 3.8) is 0 Å². The van der Waals surface area contributed by atoms with E-state index in [0.29, 0.717) is 0 Å². The molecule has 0 amide bonds. The number of carbonyl (C=O) groups excluding carboxylic acids is 1. The minimum atomic E-state index is -0.0926. The highest BCUT2D eigenvalue weighted by atomic mass is 16.1. The average Bonchev–Trinajstić information content (AvgIpc) is 1.68. The van der Waals surface area contributed by atoms with Gasteiger partial charge in [-0.3, -0.25) is 0 Å². The van der Waals surface area contributed by atoms with Crippen molar-refractivity contribution in [3.05, 3.63) is 0 Å². The highest BCUT2D eigenvalue weighted by Crippen LogP contribution is 1.81. The van der Waals surface area contributed by atoms with E-state index in [0.717, 1.165) is 6.29 Å². The minimum absolute atomic E-state index is 0.0926. The lowest BCUT2D eigenvalue weighted by atomic mass is 10.2. The van der Waals surface area contributed by atoms with Crippen molar-refractivity contribution in [3.8, 4) is 11.8 Å². The lowest BCUT2D eigenvalue weighted by Gasteiger charge is -1.81. The van der Waals surface area contributed by atoms with Gasteiger partial charge in [0.2, 0.25) is 0 Å². The predicted molar refractivity (Wildman–Crippen MR) is 28.7 cm³/mol. The maximum absolute atomic E-state index is 9.79. The summed E-state index contributed by atoms with van der Waals surface area (Å²) in [7, 11) is 0. The number of aldehydes is 1. The van der Waals surface area contributed by atoms with E-state index >= 15 is 0 Å². The summed E-state index contributed by atoms with van der Waals surface area (Å²) < 4.78 is 0. The largest absolute Gasteiger partial charge is 0.302 e. The van der Waals surface area contributed by atoms with E-state index in [2.05, 4.69) is 11.8 Å². The zero-order valence-corrected chi connectivity index (χ0v) is 4.56. The molecule has 7 heavy (non-hydrogen) atoms. The van der Waals surface area contributed by atoms with Crippen molar-refractivity contribution < 1.29 is 4.79 Å². The maximum Gasteiger partial charge on any atom is 0.134 e. The van der Waals surface area contributed by atoms with Crippen LogP contribution in [0.15, 0.2) is 0 Å². The first-order valence-corrected chi connectivity index (χ1v) is 2.19. The maximum atomic E-state index is 9.79. The third-order valence-corrected chi connectivity index (χ3v) is 0.576. The van der Waals surface area contributed by atoms with Gasteiger partial charge in [-0.05, 0) is 13.8 Å². The smallest absolute Gasteiger partial charge is 0.134 e. The molecule has 0 N–H and O–H groups in total. The molecule has 1 atom stereocenters. The molecule has 0 heterocycles. The van der Waals surface area contributed by atoms with Gasteiger partial charge in [-0.25, -0.2) is 0 Å². The van der Waals surface area contributed by atoms with E-state index in [1.807, 2.05) is 0 Å². The van der Waals surface area contributed by atoms with Gasteiger partial charge in [0.1, 0.15) is 6.29 Å². The first-order valence-electron chi connectivity index (χ1n) is 2.19. The van der Waals surface area contributed by atoms with Crippen LogP contribution in [0, 0.1) is 17.8 Å². The van der Waals surface area contributed by atoms with Crippen molar-refractivity contribution in [1.82, 2.24) is 0 Å². The zero-order valence-electron chi connectivity index (χ0n) is 4.56. The highest BCUT2D eigenvalue weighted by molar-refractivity contribution is 5.57. The van der Waals surface area contributed by atoms with Crippen LogP contribution in [0.3, 0.4) is 0 Å². The van der Waals surface area contributed by atoms with Crippen molar-refractivity contribution in [2.45, 2.75) is 13.8 Å². The normalized spacial score (nSPS) is 11.1. The summed E-state index contributed by atoms with van der Waals surface area (Å²) in [6.07, 6.45) is 0.830. The summed E-state index contributed by atoms with van der Waals surface area (Å²) >= 11 is 0. The molecule has 0 aliphatic heterocycles. The lowest BCUT2D eigenvalue weighted by molar-refractivity contribution is -0.109. The van der Waals surface area contributed by atoms with Gasteiger partial charge in [-0.2, -0.15) is 0 Å². The van der Waals surface area contributed by atoms with Crippen molar-refractivity contribution in [2.24, 2.45) is 5.92 Å². The molecular weight excluding hydrogens is 88.1 g/mol. The molecule has 1 unspecified atom stereocenters. The summed E-state index contributed by atoms with van der Waals surface area (Å²) in [5.41, 5.74) is 0. The van der Waals surface area contributed by atoms with Crippen LogP contribution in [0.5, 0.6) is 0 Å². The van der Waals surface area contributed by atoms with Crippen molar-refractivity contribution in [2.75, 3.05) is 0 Å². The fourth-order valence-electron chi connectivity index (χ4n) is 0.262. The average molecular weight is 96.1 g/mol. The number of rotatable bonds is 1.